The van der Waals surface area contributed by atoms with Crippen LogP contribution in [0, 0.1) is 0 Å². The van der Waals surface area contributed by atoms with Crippen molar-refractivity contribution in [2.24, 2.45) is 5.16 Å². The number of carboxylic acid groups (broad SMARTS) is 1. The Balaban J connectivity index is 1.52. The molecule has 194 valence electrons. The number of thioether (sulfide) groups is 1. The highest BCUT2D eigenvalue weighted by atomic mass is 32.2. The summed E-state index contributed by atoms with van der Waals surface area (Å²) < 4.78 is 6.17. The van der Waals surface area contributed by atoms with Crippen LogP contribution in [0.25, 0.3) is 0 Å². The molecule has 1 saturated heterocycles. The van der Waals surface area contributed by atoms with Gasteiger partial charge in [-0.1, -0.05) is 5.16 Å². The number of amides is 2. The number of hydrogen-bond donors (Lipinski definition) is 3. The molecule has 2 aliphatic rings. The summed E-state index contributed by atoms with van der Waals surface area (Å²) in [5.41, 5.74) is 11.9. The van der Waals surface area contributed by atoms with Gasteiger partial charge in [-0.3, -0.25) is 14.5 Å². The molecule has 2 atom stereocenters. The zero-order chi connectivity index (χ0) is 26.7. The van der Waals surface area contributed by atoms with E-state index in [4.69, 9.17) is 16.3 Å². The fraction of sp³-hybridized carbons (Fsp3) is 0.286. The molecule has 2 amide bonds. The summed E-state index contributed by atoms with van der Waals surface area (Å²) in [4.78, 5) is 59.3. The molecule has 1 unspecified atom stereocenters. The van der Waals surface area contributed by atoms with E-state index in [9.17, 15) is 24.3 Å². The second-order valence-electron chi connectivity index (χ2n) is 7.77. The Hall–Kier alpha value is -4.18. The maximum Gasteiger partial charge on any atom is 0.346 e. The zero-order valence-electron chi connectivity index (χ0n) is 19.3. The van der Waals surface area contributed by atoms with Crippen molar-refractivity contribution in [2.45, 2.75) is 18.0 Å². The van der Waals surface area contributed by atoms with E-state index in [1.807, 2.05) is 0 Å². The molecular formula is C21H21N7O7S2. The van der Waals surface area contributed by atoms with E-state index >= 15 is 0 Å². The summed E-state index contributed by atoms with van der Waals surface area (Å²) in [6.45, 7) is -0.371. The van der Waals surface area contributed by atoms with Crippen molar-refractivity contribution in [3.8, 4) is 0 Å². The number of methoxy groups -OCH3 is 1. The lowest BCUT2D eigenvalue weighted by Gasteiger charge is -2.50. The Morgan fingerprint density at radius 1 is 1.38 bits per heavy atom. The van der Waals surface area contributed by atoms with Gasteiger partial charge in [-0.2, -0.15) is 4.57 Å². The number of hydrogen-bond acceptors (Lipinski definition) is 13. The molecule has 2 aromatic rings. The summed E-state index contributed by atoms with van der Waals surface area (Å²) in [5, 5.41) is 19.1. The average Bonchev–Trinajstić information content (AvgIpc) is 3.30. The summed E-state index contributed by atoms with van der Waals surface area (Å²) in [5.74, 6) is -3.41. The fourth-order valence-corrected chi connectivity index (χ4v) is 5.56. The van der Waals surface area contributed by atoms with E-state index in [1.54, 1.807) is 29.1 Å². The van der Waals surface area contributed by atoms with Gasteiger partial charge in [0.25, 0.3) is 11.8 Å². The van der Waals surface area contributed by atoms with Crippen molar-refractivity contribution in [3.05, 3.63) is 46.9 Å². The lowest BCUT2D eigenvalue weighted by atomic mass is 10.0. The molecule has 0 aromatic carbocycles. The molecule has 4 heterocycles. The molecular weight excluding hydrogens is 526 g/mol. The molecule has 14 nitrogen and oxygen atoms in total. The molecule has 0 spiro atoms. The number of anilines is 2. The largest absolute Gasteiger partial charge is 0.543 e. The number of β-lactam (4-membered cyclic amide) rings is 1. The third kappa shape index (κ3) is 5.49. The number of nitrogens with two attached hydrogens (primary N) is 2. The molecule has 0 bridgehead atoms. The van der Waals surface area contributed by atoms with E-state index in [0.717, 1.165) is 23.3 Å². The van der Waals surface area contributed by atoms with Crippen LogP contribution in [0.15, 0.2) is 46.3 Å². The number of nitrogen functional groups attached to an aromatic ring is 2. The van der Waals surface area contributed by atoms with Crippen molar-refractivity contribution in [1.82, 2.24) is 15.2 Å². The van der Waals surface area contributed by atoms with Crippen LogP contribution >= 0.6 is 23.1 Å². The van der Waals surface area contributed by atoms with Gasteiger partial charge in [-0.15, -0.1) is 23.1 Å². The van der Waals surface area contributed by atoms with Crippen LogP contribution in [-0.4, -0.2) is 70.2 Å². The van der Waals surface area contributed by atoms with E-state index in [2.05, 4.69) is 20.2 Å². The maximum atomic E-state index is 13.0. The second kappa shape index (κ2) is 10.8. The number of esters is 1. The quantitative estimate of drug-likeness (QED) is 0.0991. The van der Waals surface area contributed by atoms with Crippen molar-refractivity contribution in [2.75, 3.05) is 30.9 Å². The summed E-state index contributed by atoms with van der Waals surface area (Å²) in [6, 6.07) is 2.37. The molecule has 0 radical (unpaired) electrons. The van der Waals surface area contributed by atoms with Gasteiger partial charge in [-0.25, -0.2) is 9.78 Å². The minimum Gasteiger partial charge on any atom is -0.543 e. The first-order valence-electron chi connectivity index (χ1n) is 10.6. The molecule has 4 rings (SSSR count). The van der Waals surface area contributed by atoms with E-state index < -0.39 is 41.8 Å². The van der Waals surface area contributed by atoms with Crippen LogP contribution in [0.4, 0.5) is 10.8 Å². The molecule has 16 heteroatoms. The first-order chi connectivity index (χ1) is 17.7. The number of carbonyl (C=O) groups is 4. The third-order valence-electron chi connectivity index (χ3n) is 5.33. The van der Waals surface area contributed by atoms with Crippen molar-refractivity contribution in [3.63, 3.8) is 0 Å². The standard InChI is InChI=1S/C21H21N7O7S2/c1-34-13(29)7-35-26-14(12-9-37-21(23)24-12)17(30)25-15-18(31)28-16(20(32)33)10(8-36-19(15)28)5-27-4-2-3-11(22)6-27/h2-4,6,9,15,19H,5,7-8,22H2,1H3,(H3-,23,24,25,30,32,33)/t15?,19-/m0/s1. The summed E-state index contributed by atoms with van der Waals surface area (Å²) >= 11 is 2.34. The smallest absolute Gasteiger partial charge is 0.346 e. The molecule has 2 aliphatic heterocycles. The number of aromatic nitrogens is 2. The van der Waals surface area contributed by atoms with Crippen molar-refractivity contribution in [1.29, 1.82) is 0 Å². The number of ether oxygens (including phenoxy) is 1. The monoisotopic (exact) mass is 547 g/mol. The molecule has 0 saturated carbocycles. The number of thiazole rings is 1. The highest BCUT2D eigenvalue weighted by Gasteiger charge is 2.53. The predicted molar refractivity (Wildman–Crippen MR) is 129 cm³/mol. The minimum absolute atomic E-state index is 0.0709. The Morgan fingerprint density at radius 2 is 2.16 bits per heavy atom. The highest BCUT2D eigenvalue weighted by Crippen LogP contribution is 2.40. The highest BCUT2D eigenvalue weighted by molar-refractivity contribution is 8.00. The van der Waals surface area contributed by atoms with Gasteiger partial charge >= 0.3 is 5.97 Å². The Kier molecular flexibility index (Phi) is 7.58. The van der Waals surface area contributed by atoms with Gasteiger partial charge in [0.15, 0.2) is 29.8 Å². The molecule has 2 aromatic heterocycles. The van der Waals surface area contributed by atoms with Gasteiger partial charge in [0.05, 0.1) is 24.5 Å². The number of carbonyl (C=O) groups excluding carboxylic acids is 4. The lowest BCUT2D eigenvalue weighted by molar-refractivity contribution is -0.688. The molecule has 0 aliphatic carbocycles. The van der Waals surface area contributed by atoms with Gasteiger partial charge in [-0.05, 0) is 6.07 Å². The van der Waals surface area contributed by atoms with E-state index in [1.165, 1.54) is 17.1 Å². The summed E-state index contributed by atoms with van der Waals surface area (Å²) in [7, 11) is 1.16. The number of fused-ring (bicyclic) bond motifs is 1. The molecule has 5 N–H and O–H groups in total. The van der Waals surface area contributed by atoms with Crippen LogP contribution < -0.4 is 26.5 Å². The van der Waals surface area contributed by atoms with Crippen LogP contribution in [0.1, 0.15) is 5.69 Å². The number of rotatable bonds is 9. The number of aliphatic carboxylic acids is 1. The number of nitrogens with zero attached hydrogens (tertiary/aromatic N) is 4. The predicted octanol–water partition coefficient (Wildman–Crippen LogP) is -2.41. The number of nitrogens with one attached hydrogen (secondary N) is 1. The van der Waals surface area contributed by atoms with E-state index in [-0.39, 0.29) is 34.5 Å². The third-order valence-corrected chi connectivity index (χ3v) is 7.34. The van der Waals surface area contributed by atoms with Gasteiger partial charge in [0.2, 0.25) is 6.61 Å². The van der Waals surface area contributed by atoms with Crippen molar-refractivity contribution >= 4 is 63.4 Å². The molecule has 1 fully saturated rings. The van der Waals surface area contributed by atoms with Crippen LogP contribution in [0.5, 0.6) is 0 Å². The van der Waals surface area contributed by atoms with Crippen LogP contribution in [-0.2, 0) is 35.3 Å². The number of pyridine rings is 1. The van der Waals surface area contributed by atoms with Gasteiger partial charge < -0.3 is 36.3 Å². The Bertz CT molecular complexity index is 1330. The fourth-order valence-electron chi connectivity index (χ4n) is 3.67. The number of carboxylic acids is 1. The first-order valence-corrected chi connectivity index (χ1v) is 12.5. The SMILES string of the molecule is COC(=O)CON=C(C(=O)NC1C(=O)N2C(C(=O)[O-])=C(C[n+]3cccc(N)c3)CS[C@@H]12)c1csc(N)n1. The Labute approximate surface area is 217 Å². The van der Waals surface area contributed by atoms with Crippen molar-refractivity contribution < 1.29 is 38.4 Å². The summed E-state index contributed by atoms with van der Waals surface area (Å²) in [6.07, 6.45) is 3.37. The maximum absolute atomic E-state index is 13.0. The van der Waals surface area contributed by atoms with Crippen LogP contribution in [0.3, 0.4) is 0 Å². The average molecular weight is 548 g/mol. The molecule has 37 heavy (non-hydrogen) atoms. The second-order valence-corrected chi connectivity index (χ2v) is 9.77. The van der Waals surface area contributed by atoms with Gasteiger partial charge in [0.1, 0.15) is 17.1 Å². The first kappa shape index (κ1) is 25.9. The zero-order valence-corrected chi connectivity index (χ0v) is 20.9. The minimum atomic E-state index is -1.50. The normalized spacial score (nSPS) is 19.1. The van der Waals surface area contributed by atoms with Crippen LogP contribution in [0.2, 0.25) is 0 Å². The van der Waals surface area contributed by atoms with E-state index in [0.29, 0.717) is 11.3 Å². The number of oxime groups is 1. The van der Waals surface area contributed by atoms with Gasteiger partial charge in [0, 0.05) is 22.8 Å². The lowest BCUT2D eigenvalue weighted by Crippen LogP contribution is -2.71. The Morgan fingerprint density at radius 3 is 2.81 bits per heavy atom. The topological polar surface area (TPSA) is 206 Å².